The van der Waals surface area contributed by atoms with Gasteiger partial charge in [0.05, 0.1) is 0 Å². The molecule has 1 nitrogen and oxygen atoms in total. The van der Waals surface area contributed by atoms with Gasteiger partial charge < -0.3 is 4.57 Å². The van der Waals surface area contributed by atoms with Gasteiger partial charge in [-0.05, 0) is 19.2 Å². The van der Waals surface area contributed by atoms with Gasteiger partial charge >= 0.3 is 0 Å². The van der Waals surface area contributed by atoms with Crippen molar-refractivity contribution >= 4 is 25.5 Å². The molecule has 0 aliphatic heterocycles. The highest BCUT2D eigenvalue weighted by molar-refractivity contribution is 6.86. The van der Waals surface area contributed by atoms with Crippen LogP contribution in [0, 0.1) is 0 Å². The Morgan fingerprint density at radius 2 is 1.77 bits per heavy atom. The van der Waals surface area contributed by atoms with Gasteiger partial charge in [-0.3, -0.25) is 0 Å². The molecule has 0 amide bonds. The van der Waals surface area contributed by atoms with Crippen LogP contribution in [0.2, 0.25) is 13.1 Å². The molecule has 0 bridgehead atoms. The lowest BCUT2D eigenvalue weighted by molar-refractivity contribution is 1.24. The van der Waals surface area contributed by atoms with Crippen LogP contribution >= 0.6 is 11.6 Å². The molecule has 13 heavy (non-hydrogen) atoms. The Morgan fingerprint density at radius 1 is 1.23 bits per heavy atom. The molecular formula is C10H16ClNSi. The van der Waals surface area contributed by atoms with E-state index in [2.05, 4.69) is 49.0 Å². The van der Waals surface area contributed by atoms with Gasteiger partial charge in [0.15, 0.2) is 8.24 Å². The monoisotopic (exact) mass is 213 g/mol. The molecule has 0 heterocycles. The Labute approximate surface area is 86.4 Å². The van der Waals surface area contributed by atoms with E-state index >= 15 is 0 Å². The molecule has 3 heteroatoms. The summed E-state index contributed by atoms with van der Waals surface area (Å²) in [6.07, 6.45) is 0. The second-order valence-corrected chi connectivity index (χ2v) is 9.21. The normalized spacial score (nSPS) is 11.4. The van der Waals surface area contributed by atoms with Crippen molar-refractivity contribution in [2.45, 2.75) is 13.1 Å². The maximum Gasteiger partial charge on any atom is 0.164 e. The van der Waals surface area contributed by atoms with E-state index in [1.54, 1.807) is 0 Å². The first-order chi connectivity index (χ1) is 6.08. The first kappa shape index (κ1) is 10.6. The number of alkyl halides is 1. The first-order valence-electron chi connectivity index (χ1n) is 4.43. The second-order valence-electron chi connectivity index (χ2n) is 3.84. The summed E-state index contributed by atoms with van der Waals surface area (Å²) in [4.78, 5) is 0. The fourth-order valence-electron chi connectivity index (χ4n) is 1.09. The minimum absolute atomic E-state index is 0.762. The summed E-state index contributed by atoms with van der Waals surface area (Å²) >= 11 is 5.96. The summed E-state index contributed by atoms with van der Waals surface area (Å²) in [7, 11) is 0.706. The molecule has 0 N–H and O–H groups in total. The number of nitrogens with zero attached hydrogens (tertiary/aromatic N) is 1. The average molecular weight is 214 g/mol. The fraction of sp³-hybridized carbons (Fsp3) is 0.400. The largest absolute Gasteiger partial charge is 0.399 e. The van der Waals surface area contributed by atoms with Gasteiger partial charge in [0.1, 0.15) is 0 Å². The number of hydrogen-bond acceptors (Lipinski definition) is 1. The quantitative estimate of drug-likeness (QED) is 0.551. The topological polar surface area (TPSA) is 3.24 Å². The molecule has 0 radical (unpaired) electrons. The van der Waals surface area contributed by atoms with Crippen molar-refractivity contribution in [2.24, 2.45) is 0 Å². The zero-order valence-electron chi connectivity index (χ0n) is 8.42. The van der Waals surface area contributed by atoms with Crippen LogP contribution in [0.25, 0.3) is 0 Å². The molecule has 0 aromatic heterocycles. The molecule has 0 unspecified atom stereocenters. The van der Waals surface area contributed by atoms with Crippen LogP contribution in [0.3, 0.4) is 0 Å². The van der Waals surface area contributed by atoms with Crippen molar-refractivity contribution in [1.82, 2.24) is 0 Å². The number of hydrogen-bond donors (Lipinski definition) is 0. The molecule has 0 saturated heterocycles. The van der Waals surface area contributed by atoms with E-state index in [-0.39, 0.29) is 0 Å². The Kier molecular flexibility index (Phi) is 3.39. The summed E-state index contributed by atoms with van der Waals surface area (Å²) < 4.78 is 2.33. The van der Waals surface area contributed by atoms with Gasteiger partial charge in [-0.1, -0.05) is 31.3 Å². The van der Waals surface area contributed by atoms with Crippen molar-refractivity contribution in [3.63, 3.8) is 0 Å². The third kappa shape index (κ3) is 2.48. The van der Waals surface area contributed by atoms with Crippen molar-refractivity contribution in [2.75, 3.05) is 17.1 Å². The highest BCUT2D eigenvalue weighted by atomic mass is 35.5. The summed E-state index contributed by atoms with van der Waals surface area (Å²) in [5.74, 6) is 0. The van der Waals surface area contributed by atoms with E-state index < -0.39 is 8.24 Å². The van der Waals surface area contributed by atoms with Crippen molar-refractivity contribution in [3.05, 3.63) is 30.3 Å². The van der Waals surface area contributed by atoms with Crippen molar-refractivity contribution < 1.29 is 0 Å². The van der Waals surface area contributed by atoms with Gasteiger partial charge in [0.25, 0.3) is 0 Å². The Bertz CT molecular complexity index is 261. The lowest BCUT2D eigenvalue weighted by atomic mass is 10.3. The van der Waals surface area contributed by atoms with E-state index in [1.165, 1.54) is 5.69 Å². The average Bonchev–Trinajstić information content (AvgIpc) is 2.18. The van der Waals surface area contributed by atoms with Crippen LogP contribution in [0.4, 0.5) is 5.69 Å². The molecule has 0 atom stereocenters. The number of rotatable bonds is 3. The molecular weight excluding hydrogens is 198 g/mol. The first-order valence-corrected chi connectivity index (χ1v) is 8.11. The van der Waals surface area contributed by atoms with Crippen LogP contribution in [-0.2, 0) is 0 Å². The minimum Gasteiger partial charge on any atom is -0.399 e. The van der Waals surface area contributed by atoms with Crippen molar-refractivity contribution in [3.8, 4) is 0 Å². The number of para-hydroxylation sites is 1. The highest BCUT2D eigenvalue weighted by Crippen LogP contribution is 2.19. The van der Waals surface area contributed by atoms with Crippen LogP contribution in [0.1, 0.15) is 0 Å². The number of halogens is 1. The minimum atomic E-state index is -1.42. The van der Waals surface area contributed by atoms with Gasteiger partial charge in [-0.25, -0.2) is 0 Å². The SMILES string of the molecule is CN(c1ccccc1)[Si](C)(C)CCl. The van der Waals surface area contributed by atoms with Gasteiger partial charge in [-0.2, -0.15) is 0 Å². The fourth-order valence-corrected chi connectivity index (χ4v) is 2.66. The molecule has 1 aromatic carbocycles. The summed E-state index contributed by atoms with van der Waals surface area (Å²) in [6, 6.07) is 10.4. The predicted octanol–water partition coefficient (Wildman–Crippen LogP) is 3.11. The van der Waals surface area contributed by atoms with Crippen LogP contribution < -0.4 is 4.57 Å². The van der Waals surface area contributed by atoms with E-state index in [4.69, 9.17) is 11.6 Å². The Hall–Kier alpha value is -0.473. The van der Waals surface area contributed by atoms with Crippen LogP contribution in [0.15, 0.2) is 30.3 Å². The highest BCUT2D eigenvalue weighted by Gasteiger charge is 2.25. The molecule has 0 aliphatic rings. The standard InChI is InChI=1S/C10H16ClNSi/c1-12(13(2,3)9-11)10-7-5-4-6-8-10/h4-8H,9H2,1-3H3. The van der Waals surface area contributed by atoms with Crippen LogP contribution in [-0.4, -0.2) is 20.8 Å². The summed E-state index contributed by atoms with van der Waals surface area (Å²) in [6.45, 7) is 4.54. The zero-order valence-corrected chi connectivity index (χ0v) is 10.2. The molecule has 0 saturated carbocycles. The van der Waals surface area contributed by atoms with Crippen LogP contribution in [0.5, 0.6) is 0 Å². The second kappa shape index (κ2) is 4.16. The third-order valence-electron chi connectivity index (χ3n) is 2.38. The molecule has 0 spiro atoms. The van der Waals surface area contributed by atoms with Gasteiger partial charge in [-0.15, -0.1) is 11.6 Å². The summed E-state index contributed by atoms with van der Waals surface area (Å²) in [5, 5.41) is 0. The lowest BCUT2D eigenvalue weighted by Gasteiger charge is -2.33. The zero-order chi connectivity index (χ0) is 9.90. The Balaban J connectivity index is 2.85. The van der Waals surface area contributed by atoms with E-state index in [0.29, 0.717) is 0 Å². The molecule has 1 aromatic rings. The lowest BCUT2D eigenvalue weighted by Crippen LogP contribution is -2.48. The smallest absolute Gasteiger partial charge is 0.164 e. The molecule has 0 fully saturated rings. The predicted molar refractivity (Wildman–Crippen MR) is 63.0 cm³/mol. The van der Waals surface area contributed by atoms with Crippen molar-refractivity contribution in [1.29, 1.82) is 0 Å². The molecule has 1 rings (SSSR count). The third-order valence-corrected chi connectivity index (χ3v) is 7.07. The number of anilines is 1. The van der Waals surface area contributed by atoms with Gasteiger partial charge in [0, 0.05) is 11.2 Å². The molecule has 72 valence electrons. The Morgan fingerprint density at radius 3 is 2.23 bits per heavy atom. The summed E-state index contributed by atoms with van der Waals surface area (Å²) in [5.41, 5.74) is 2.03. The number of benzene rings is 1. The van der Waals surface area contributed by atoms with E-state index in [9.17, 15) is 0 Å². The maximum atomic E-state index is 5.96. The maximum absolute atomic E-state index is 5.96. The van der Waals surface area contributed by atoms with Gasteiger partial charge in [0.2, 0.25) is 0 Å². The van der Waals surface area contributed by atoms with E-state index in [1.807, 2.05) is 6.07 Å². The molecule has 0 aliphatic carbocycles. The van der Waals surface area contributed by atoms with E-state index in [0.717, 1.165) is 5.50 Å².